The van der Waals surface area contributed by atoms with E-state index in [1.807, 2.05) is 41.2 Å². The molecule has 0 unspecified atom stereocenters. The molecule has 1 aliphatic rings. The van der Waals surface area contributed by atoms with E-state index in [0.717, 1.165) is 53.8 Å². The highest BCUT2D eigenvalue weighted by Gasteiger charge is 2.21. The Morgan fingerprint density at radius 2 is 1.62 bits per heavy atom. The van der Waals surface area contributed by atoms with Gasteiger partial charge in [-0.15, -0.1) is 0 Å². The van der Waals surface area contributed by atoms with E-state index in [1.165, 1.54) is 11.3 Å². The maximum atomic E-state index is 6.02. The SMILES string of the molecule is Cc1ccccc1N1CCN(c2nccn3nc(-c4ccc(Cl)cc4)cc23)CC1. The van der Waals surface area contributed by atoms with Crippen LogP contribution in [0.5, 0.6) is 0 Å². The number of aryl methyl sites for hydroxylation is 1. The molecule has 3 heterocycles. The molecule has 0 aliphatic carbocycles. The molecule has 1 saturated heterocycles. The molecule has 5 nitrogen and oxygen atoms in total. The van der Waals surface area contributed by atoms with Crippen LogP contribution in [0.4, 0.5) is 11.5 Å². The molecule has 5 rings (SSSR count). The molecule has 0 radical (unpaired) electrons. The zero-order valence-corrected chi connectivity index (χ0v) is 17.0. The highest BCUT2D eigenvalue weighted by Crippen LogP contribution is 2.28. The molecule has 0 spiro atoms. The van der Waals surface area contributed by atoms with Gasteiger partial charge in [0.25, 0.3) is 0 Å². The number of halogens is 1. The summed E-state index contributed by atoms with van der Waals surface area (Å²) >= 11 is 6.02. The van der Waals surface area contributed by atoms with Gasteiger partial charge in [0.2, 0.25) is 0 Å². The van der Waals surface area contributed by atoms with Gasteiger partial charge in [-0.3, -0.25) is 0 Å². The van der Waals surface area contributed by atoms with Crippen LogP contribution >= 0.6 is 11.6 Å². The van der Waals surface area contributed by atoms with Crippen molar-refractivity contribution in [2.75, 3.05) is 36.0 Å². The lowest BCUT2D eigenvalue weighted by Gasteiger charge is -2.37. The van der Waals surface area contributed by atoms with Crippen LogP contribution in [-0.2, 0) is 0 Å². The fraction of sp³-hybridized carbons (Fsp3) is 0.217. The van der Waals surface area contributed by atoms with Gasteiger partial charge in [0, 0.05) is 54.8 Å². The van der Waals surface area contributed by atoms with Crippen LogP contribution in [0.15, 0.2) is 67.0 Å². The summed E-state index contributed by atoms with van der Waals surface area (Å²) in [5.74, 6) is 0.990. The summed E-state index contributed by atoms with van der Waals surface area (Å²) < 4.78 is 1.92. The second-order valence-electron chi connectivity index (χ2n) is 7.38. The number of rotatable bonds is 3. The lowest BCUT2D eigenvalue weighted by atomic mass is 10.1. The second kappa shape index (κ2) is 7.41. The Morgan fingerprint density at radius 1 is 0.897 bits per heavy atom. The van der Waals surface area contributed by atoms with Gasteiger partial charge < -0.3 is 9.80 Å². The molecule has 0 N–H and O–H groups in total. The number of para-hydroxylation sites is 1. The highest BCUT2D eigenvalue weighted by molar-refractivity contribution is 6.30. The fourth-order valence-electron chi connectivity index (χ4n) is 3.99. The number of anilines is 2. The summed E-state index contributed by atoms with van der Waals surface area (Å²) in [5, 5.41) is 5.47. The van der Waals surface area contributed by atoms with E-state index >= 15 is 0 Å². The average molecular weight is 404 g/mol. The van der Waals surface area contributed by atoms with Crippen LogP contribution in [0.1, 0.15) is 5.56 Å². The molecular formula is C23H22ClN5. The molecule has 0 amide bonds. The summed E-state index contributed by atoms with van der Waals surface area (Å²) in [5.41, 5.74) is 5.65. The summed E-state index contributed by atoms with van der Waals surface area (Å²) in [6.07, 6.45) is 3.73. The first-order chi connectivity index (χ1) is 14.2. The first kappa shape index (κ1) is 18.0. The predicted molar refractivity (Wildman–Crippen MR) is 119 cm³/mol. The molecule has 1 aliphatic heterocycles. The average Bonchev–Trinajstić information content (AvgIpc) is 3.19. The summed E-state index contributed by atoms with van der Waals surface area (Å²) in [6.45, 7) is 6.00. The monoisotopic (exact) mass is 403 g/mol. The normalized spacial score (nSPS) is 14.6. The smallest absolute Gasteiger partial charge is 0.154 e. The third-order valence-electron chi connectivity index (χ3n) is 5.54. The zero-order chi connectivity index (χ0) is 19.8. The standard InChI is InChI=1S/C23H22ClN5/c1-17-4-2-3-5-21(17)27-12-14-28(15-13-27)23-22-16-20(26-29(22)11-10-25-23)18-6-8-19(24)9-7-18/h2-11,16H,12-15H2,1H3. The van der Waals surface area contributed by atoms with E-state index in [9.17, 15) is 0 Å². The first-order valence-electron chi connectivity index (χ1n) is 9.85. The van der Waals surface area contributed by atoms with Crippen molar-refractivity contribution < 1.29 is 0 Å². The molecule has 2 aromatic carbocycles. The lowest BCUT2D eigenvalue weighted by molar-refractivity contribution is 0.646. The van der Waals surface area contributed by atoms with Crippen molar-refractivity contribution in [2.24, 2.45) is 0 Å². The first-order valence-corrected chi connectivity index (χ1v) is 10.2. The quantitative estimate of drug-likeness (QED) is 0.497. The van der Waals surface area contributed by atoms with Gasteiger partial charge >= 0.3 is 0 Å². The summed E-state index contributed by atoms with van der Waals surface area (Å²) in [4.78, 5) is 9.51. The maximum absolute atomic E-state index is 6.02. The molecule has 0 bridgehead atoms. The van der Waals surface area contributed by atoms with Crippen molar-refractivity contribution in [3.63, 3.8) is 0 Å². The Bertz CT molecular complexity index is 1140. The predicted octanol–water partition coefficient (Wildman–Crippen LogP) is 4.68. The topological polar surface area (TPSA) is 36.7 Å². The van der Waals surface area contributed by atoms with Crippen molar-refractivity contribution in [1.29, 1.82) is 0 Å². The van der Waals surface area contributed by atoms with Crippen LogP contribution in [0.25, 0.3) is 16.8 Å². The van der Waals surface area contributed by atoms with E-state index in [1.54, 1.807) is 0 Å². The molecule has 2 aromatic heterocycles. The number of hydrogen-bond donors (Lipinski definition) is 0. The molecule has 4 aromatic rings. The van der Waals surface area contributed by atoms with Crippen molar-refractivity contribution in [3.8, 4) is 11.3 Å². The molecule has 29 heavy (non-hydrogen) atoms. The largest absolute Gasteiger partial charge is 0.368 e. The minimum Gasteiger partial charge on any atom is -0.368 e. The third kappa shape index (κ3) is 3.42. The van der Waals surface area contributed by atoms with Gasteiger partial charge in [-0.05, 0) is 36.8 Å². The Labute approximate surface area is 175 Å². The van der Waals surface area contributed by atoms with Crippen molar-refractivity contribution >= 4 is 28.6 Å². The highest BCUT2D eigenvalue weighted by atomic mass is 35.5. The molecule has 0 saturated carbocycles. The Morgan fingerprint density at radius 3 is 2.38 bits per heavy atom. The van der Waals surface area contributed by atoms with Crippen LogP contribution in [0.2, 0.25) is 5.02 Å². The number of piperazine rings is 1. The van der Waals surface area contributed by atoms with E-state index in [4.69, 9.17) is 21.7 Å². The van der Waals surface area contributed by atoms with Crippen LogP contribution in [0.3, 0.4) is 0 Å². The van der Waals surface area contributed by atoms with Crippen LogP contribution in [0, 0.1) is 6.92 Å². The van der Waals surface area contributed by atoms with Gasteiger partial charge in [-0.25, -0.2) is 9.50 Å². The van der Waals surface area contributed by atoms with Crippen LogP contribution < -0.4 is 9.80 Å². The maximum Gasteiger partial charge on any atom is 0.154 e. The molecular weight excluding hydrogens is 382 g/mol. The van der Waals surface area contributed by atoms with Gasteiger partial charge in [0.1, 0.15) is 5.52 Å². The molecule has 1 fully saturated rings. The molecule has 0 atom stereocenters. The van der Waals surface area contributed by atoms with E-state index < -0.39 is 0 Å². The number of nitrogens with zero attached hydrogens (tertiary/aromatic N) is 5. The zero-order valence-electron chi connectivity index (χ0n) is 16.3. The number of aromatic nitrogens is 3. The van der Waals surface area contributed by atoms with Crippen molar-refractivity contribution in [1.82, 2.24) is 14.6 Å². The molecule has 146 valence electrons. The van der Waals surface area contributed by atoms with E-state index in [-0.39, 0.29) is 0 Å². The van der Waals surface area contributed by atoms with Gasteiger partial charge in [-0.1, -0.05) is 41.9 Å². The Kier molecular flexibility index (Phi) is 4.60. The van der Waals surface area contributed by atoms with Gasteiger partial charge in [0.05, 0.1) is 5.69 Å². The van der Waals surface area contributed by atoms with Crippen molar-refractivity contribution in [2.45, 2.75) is 6.92 Å². The summed E-state index contributed by atoms with van der Waals surface area (Å²) in [7, 11) is 0. The van der Waals surface area contributed by atoms with Gasteiger partial charge in [-0.2, -0.15) is 5.10 Å². The lowest BCUT2D eigenvalue weighted by Crippen LogP contribution is -2.47. The minimum atomic E-state index is 0.728. The van der Waals surface area contributed by atoms with Gasteiger partial charge in [0.15, 0.2) is 5.82 Å². The Hall–Kier alpha value is -3.05. The second-order valence-corrected chi connectivity index (χ2v) is 7.81. The number of fused-ring (bicyclic) bond motifs is 1. The minimum absolute atomic E-state index is 0.728. The molecule has 6 heteroatoms. The van der Waals surface area contributed by atoms with Crippen molar-refractivity contribution in [3.05, 3.63) is 77.6 Å². The van der Waals surface area contributed by atoms with Crippen LogP contribution in [-0.4, -0.2) is 40.8 Å². The number of hydrogen-bond acceptors (Lipinski definition) is 4. The van der Waals surface area contributed by atoms with E-state index in [0.29, 0.717) is 0 Å². The third-order valence-corrected chi connectivity index (χ3v) is 5.80. The summed E-state index contributed by atoms with van der Waals surface area (Å²) in [6, 6.07) is 18.5. The fourth-order valence-corrected chi connectivity index (χ4v) is 4.12. The Balaban J connectivity index is 1.41. The van der Waals surface area contributed by atoms with E-state index in [2.05, 4.69) is 47.1 Å². The number of benzene rings is 2.